The number of hydrogen-bond acceptors (Lipinski definition) is 3. The Morgan fingerprint density at radius 2 is 1.92 bits per heavy atom. The normalized spacial score (nSPS) is 10.9. The first-order chi connectivity index (χ1) is 11.8. The van der Waals surface area contributed by atoms with Crippen LogP contribution in [0.3, 0.4) is 0 Å². The largest absolute Gasteiger partial charge is 0.494 e. The first kappa shape index (κ1) is 16.3. The molecule has 0 bridgehead atoms. The summed E-state index contributed by atoms with van der Waals surface area (Å²) in [4.78, 5) is 15.2. The predicted octanol–water partition coefficient (Wildman–Crippen LogP) is 3.26. The van der Waals surface area contributed by atoms with Crippen molar-refractivity contribution < 1.29 is 4.74 Å². The summed E-state index contributed by atoms with van der Waals surface area (Å²) in [5, 5.41) is 4.35. The molecule has 2 aromatic carbocycles. The van der Waals surface area contributed by atoms with Crippen molar-refractivity contribution >= 4 is 10.9 Å². The minimum atomic E-state index is -0.0524. The highest BCUT2D eigenvalue weighted by molar-refractivity contribution is 5.80. The summed E-state index contributed by atoms with van der Waals surface area (Å²) in [7, 11) is 0. The number of ether oxygens (including phenoxy) is 1. The highest BCUT2D eigenvalue weighted by Crippen LogP contribution is 2.18. The SMILES string of the molecule is CCOc1ccc2cc(CNCCc3ccccc3)c(=O)[nH]c2c1. The summed E-state index contributed by atoms with van der Waals surface area (Å²) in [6.45, 7) is 3.95. The summed E-state index contributed by atoms with van der Waals surface area (Å²) < 4.78 is 5.47. The van der Waals surface area contributed by atoms with E-state index in [1.165, 1.54) is 5.56 Å². The van der Waals surface area contributed by atoms with Crippen LogP contribution in [0.15, 0.2) is 59.4 Å². The van der Waals surface area contributed by atoms with Gasteiger partial charge in [0.1, 0.15) is 5.75 Å². The molecule has 0 fully saturated rings. The predicted molar refractivity (Wildman–Crippen MR) is 97.6 cm³/mol. The molecule has 3 rings (SSSR count). The molecular weight excluding hydrogens is 300 g/mol. The van der Waals surface area contributed by atoms with Gasteiger partial charge in [-0.3, -0.25) is 4.79 Å². The van der Waals surface area contributed by atoms with E-state index in [1.54, 1.807) is 0 Å². The van der Waals surface area contributed by atoms with Crippen LogP contribution in [-0.4, -0.2) is 18.1 Å². The van der Waals surface area contributed by atoms with E-state index in [9.17, 15) is 4.79 Å². The van der Waals surface area contributed by atoms with Crippen LogP contribution in [-0.2, 0) is 13.0 Å². The average Bonchev–Trinajstić information content (AvgIpc) is 2.60. The Labute approximate surface area is 141 Å². The van der Waals surface area contributed by atoms with Crippen molar-refractivity contribution in [1.29, 1.82) is 0 Å². The number of fused-ring (bicyclic) bond motifs is 1. The third-order valence-electron chi connectivity index (χ3n) is 3.95. The van der Waals surface area contributed by atoms with Crippen LogP contribution in [0.1, 0.15) is 18.1 Å². The van der Waals surface area contributed by atoms with Gasteiger partial charge in [0, 0.05) is 18.2 Å². The highest BCUT2D eigenvalue weighted by Gasteiger charge is 2.04. The molecule has 0 aliphatic carbocycles. The van der Waals surface area contributed by atoms with E-state index in [0.717, 1.165) is 35.2 Å². The van der Waals surface area contributed by atoms with Crippen LogP contribution < -0.4 is 15.6 Å². The third kappa shape index (κ3) is 4.03. The standard InChI is InChI=1S/C20H22N2O2/c1-2-24-18-9-8-16-12-17(20(23)22-19(16)13-18)14-21-11-10-15-6-4-3-5-7-15/h3-9,12-13,21H,2,10-11,14H2,1H3,(H,22,23). The number of rotatable bonds is 7. The van der Waals surface area contributed by atoms with E-state index in [4.69, 9.17) is 4.74 Å². The van der Waals surface area contributed by atoms with Gasteiger partial charge in [-0.2, -0.15) is 0 Å². The van der Waals surface area contributed by atoms with E-state index < -0.39 is 0 Å². The number of H-pyrrole nitrogens is 1. The van der Waals surface area contributed by atoms with Gasteiger partial charge >= 0.3 is 0 Å². The second-order valence-corrected chi connectivity index (χ2v) is 5.72. The van der Waals surface area contributed by atoms with E-state index in [0.29, 0.717) is 13.2 Å². The summed E-state index contributed by atoms with van der Waals surface area (Å²) in [5.41, 5.74) is 2.79. The fourth-order valence-electron chi connectivity index (χ4n) is 2.71. The highest BCUT2D eigenvalue weighted by atomic mass is 16.5. The lowest BCUT2D eigenvalue weighted by Gasteiger charge is -2.08. The molecule has 0 aliphatic rings. The topological polar surface area (TPSA) is 54.1 Å². The zero-order valence-corrected chi connectivity index (χ0v) is 13.8. The lowest BCUT2D eigenvalue weighted by atomic mass is 10.1. The van der Waals surface area contributed by atoms with Crippen LogP contribution in [0.25, 0.3) is 10.9 Å². The molecule has 1 heterocycles. The molecule has 0 aliphatic heterocycles. The number of pyridine rings is 1. The van der Waals surface area contributed by atoms with Crippen LogP contribution in [0.2, 0.25) is 0 Å². The molecule has 0 atom stereocenters. The van der Waals surface area contributed by atoms with Crippen molar-refractivity contribution in [2.75, 3.05) is 13.2 Å². The van der Waals surface area contributed by atoms with Gasteiger partial charge in [-0.25, -0.2) is 0 Å². The van der Waals surface area contributed by atoms with Crippen molar-refractivity contribution in [3.05, 3.63) is 76.1 Å². The average molecular weight is 322 g/mol. The summed E-state index contributed by atoms with van der Waals surface area (Å²) in [6.07, 6.45) is 0.948. The molecule has 24 heavy (non-hydrogen) atoms. The molecule has 3 aromatic rings. The van der Waals surface area contributed by atoms with Crippen LogP contribution >= 0.6 is 0 Å². The maximum absolute atomic E-state index is 12.2. The third-order valence-corrected chi connectivity index (χ3v) is 3.95. The number of hydrogen-bond donors (Lipinski definition) is 2. The van der Waals surface area contributed by atoms with Crippen LogP contribution in [0, 0.1) is 0 Å². The molecule has 0 radical (unpaired) electrons. The fourth-order valence-corrected chi connectivity index (χ4v) is 2.71. The van der Waals surface area contributed by atoms with Crippen molar-refractivity contribution in [2.45, 2.75) is 19.9 Å². The minimum Gasteiger partial charge on any atom is -0.494 e. The number of benzene rings is 2. The first-order valence-corrected chi connectivity index (χ1v) is 8.29. The Bertz CT molecular complexity index is 856. The number of nitrogens with one attached hydrogen (secondary N) is 2. The summed E-state index contributed by atoms with van der Waals surface area (Å²) in [6, 6.07) is 18.0. The monoisotopic (exact) mass is 322 g/mol. The lowest BCUT2D eigenvalue weighted by Crippen LogP contribution is -2.22. The maximum Gasteiger partial charge on any atom is 0.252 e. The number of aromatic amines is 1. The van der Waals surface area contributed by atoms with Crippen molar-refractivity contribution in [1.82, 2.24) is 10.3 Å². The zero-order chi connectivity index (χ0) is 16.8. The number of aromatic nitrogens is 1. The lowest BCUT2D eigenvalue weighted by molar-refractivity contribution is 0.340. The maximum atomic E-state index is 12.2. The Morgan fingerprint density at radius 1 is 1.08 bits per heavy atom. The molecule has 4 nitrogen and oxygen atoms in total. The van der Waals surface area contributed by atoms with Gasteiger partial charge < -0.3 is 15.0 Å². The second-order valence-electron chi connectivity index (χ2n) is 5.72. The van der Waals surface area contributed by atoms with Crippen molar-refractivity contribution in [2.24, 2.45) is 0 Å². The molecule has 0 unspecified atom stereocenters. The Kier molecular flexibility index (Phi) is 5.29. The molecule has 124 valence electrons. The van der Waals surface area contributed by atoms with Gasteiger partial charge in [0.15, 0.2) is 0 Å². The molecular formula is C20H22N2O2. The molecule has 0 saturated heterocycles. The second kappa shape index (κ2) is 7.79. The zero-order valence-electron chi connectivity index (χ0n) is 13.8. The van der Waals surface area contributed by atoms with Gasteiger partial charge in [0.25, 0.3) is 5.56 Å². The van der Waals surface area contributed by atoms with E-state index in [-0.39, 0.29) is 5.56 Å². The molecule has 4 heteroatoms. The van der Waals surface area contributed by atoms with Crippen LogP contribution in [0.5, 0.6) is 5.75 Å². The molecule has 0 amide bonds. The van der Waals surface area contributed by atoms with Crippen molar-refractivity contribution in [3.8, 4) is 5.75 Å². The molecule has 0 spiro atoms. The quantitative estimate of drug-likeness (QED) is 0.657. The Morgan fingerprint density at radius 3 is 2.71 bits per heavy atom. The van der Waals surface area contributed by atoms with E-state index in [1.807, 2.05) is 49.4 Å². The van der Waals surface area contributed by atoms with E-state index >= 15 is 0 Å². The van der Waals surface area contributed by atoms with Gasteiger partial charge in [-0.1, -0.05) is 30.3 Å². The van der Waals surface area contributed by atoms with Gasteiger partial charge in [0.05, 0.1) is 12.1 Å². The molecule has 0 saturated carbocycles. The molecule has 2 N–H and O–H groups in total. The van der Waals surface area contributed by atoms with Gasteiger partial charge in [0.2, 0.25) is 0 Å². The smallest absolute Gasteiger partial charge is 0.252 e. The summed E-state index contributed by atoms with van der Waals surface area (Å²) >= 11 is 0. The Balaban J connectivity index is 1.65. The van der Waals surface area contributed by atoms with Gasteiger partial charge in [-0.05, 0) is 49.0 Å². The summed E-state index contributed by atoms with van der Waals surface area (Å²) in [5.74, 6) is 0.773. The fraction of sp³-hybridized carbons (Fsp3) is 0.250. The van der Waals surface area contributed by atoms with Gasteiger partial charge in [-0.15, -0.1) is 0 Å². The molecule has 1 aromatic heterocycles. The first-order valence-electron chi connectivity index (χ1n) is 8.29. The Hall–Kier alpha value is -2.59. The van der Waals surface area contributed by atoms with E-state index in [2.05, 4.69) is 22.4 Å². The minimum absolute atomic E-state index is 0.0524. The van der Waals surface area contributed by atoms with Crippen LogP contribution in [0.4, 0.5) is 0 Å². The van der Waals surface area contributed by atoms with Crippen molar-refractivity contribution in [3.63, 3.8) is 0 Å².